The number of hydrogen-bond acceptors (Lipinski definition) is 2. The molecule has 0 radical (unpaired) electrons. The summed E-state index contributed by atoms with van der Waals surface area (Å²) in [6.45, 7) is 5.65. The van der Waals surface area contributed by atoms with Crippen LogP contribution in [0.5, 0.6) is 0 Å². The zero-order valence-electron chi connectivity index (χ0n) is 10.4. The van der Waals surface area contributed by atoms with E-state index in [9.17, 15) is 13.2 Å². The standard InChI is InChI=1S/C11H19F3N2S/c1-4-10(3)5-6-17-9(16-10)15-8(2)7-11(12,13)14/h8H,4-7H2,1-3H3,(H,15,16). The van der Waals surface area contributed by atoms with E-state index < -0.39 is 18.6 Å². The number of alkyl halides is 3. The lowest BCUT2D eigenvalue weighted by Gasteiger charge is -2.35. The number of nitrogens with one attached hydrogen (secondary N) is 1. The summed E-state index contributed by atoms with van der Waals surface area (Å²) < 4.78 is 36.5. The molecule has 1 fully saturated rings. The Bertz CT molecular complexity index is 291. The fourth-order valence-corrected chi connectivity index (χ4v) is 2.96. The van der Waals surface area contributed by atoms with Gasteiger partial charge in [0, 0.05) is 11.3 Å². The first-order chi connectivity index (χ1) is 7.74. The van der Waals surface area contributed by atoms with Gasteiger partial charge in [-0.25, -0.2) is 0 Å². The third-order valence-corrected chi connectivity index (χ3v) is 3.84. The normalized spacial score (nSPS) is 30.1. The van der Waals surface area contributed by atoms with Crippen LogP contribution in [-0.4, -0.2) is 28.7 Å². The van der Waals surface area contributed by atoms with Crippen LogP contribution in [-0.2, 0) is 0 Å². The second kappa shape index (κ2) is 5.50. The SMILES string of the molecule is CCC1(C)CCSC(=NC(C)CC(F)(F)F)N1. The maximum absolute atomic E-state index is 12.2. The van der Waals surface area contributed by atoms with Gasteiger partial charge in [-0.15, -0.1) is 0 Å². The Morgan fingerprint density at radius 1 is 1.53 bits per heavy atom. The van der Waals surface area contributed by atoms with Crippen LogP contribution in [0.1, 0.15) is 40.0 Å². The lowest BCUT2D eigenvalue weighted by Crippen LogP contribution is -2.48. The summed E-state index contributed by atoms with van der Waals surface area (Å²) in [5.74, 6) is 0.912. The minimum atomic E-state index is -4.14. The number of rotatable bonds is 3. The van der Waals surface area contributed by atoms with Crippen molar-refractivity contribution in [2.45, 2.75) is 57.8 Å². The van der Waals surface area contributed by atoms with Gasteiger partial charge >= 0.3 is 6.18 Å². The Morgan fingerprint density at radius 3 is 2.71 bits per heavy atom. The van der Waals surface area contributed by atoms with Crippen molar-refractivity contribution in [3.63, 3.8) is 0 Å². The van der Waals surface area contributed by atoms with Gasteiger partial charge in [0.2, 0.25) is 0 Å². The quantitative estimate of drug-likeness (QED) is 0.846. The van der Waals surface area contributed by atoms with Crippen molar-refractivity contribution in [2.24, 2.45) is 4.99 Å². The molecule has 0 aromatic carbocycles. The number of amidine groups is 1. The van der Waals surface area contributed by atoms with Crippen LogP contribution < -0.4 is 5.32 Å². The lowest BCUT2D eigenvalue weighted by atomic mass is 9.96. The van der Waals surface area contributed by atoms with Crippen molar-refractivity contribution in [1.29, 1.82) is 0 Å². The Balaban J connectivity index is 2.60. The summed E-state index contributed by atoms with van der Waals surface area (Å²) in [5, 5.41) is 3.89. The molecule has 2 unspecified atom stereocenters. The molecule has 0 aliphatic carbocycles. The van der Waals surface area contributed by atoms with E-state index in [0.29, 0.717) is 5.17 Å². The summed E-state index contributed by atoms with van der Waals surface area (Å²) in [5.41, 5.74) is -0.0258. The summed E-state index contributed by atoms with van der Waals surface area (Å²) in [4.78, 5) is 4.11. The van der Waals surface area contributed by atoms with Gasteiger partial charge in [0.05, 0.1) is 12.5 Å². The molecule has 0 aromatic rings. The molecule has 2 atom stereocenters. The molecule has 0 amide bonds. The Hall–Kier alpha value is -0.390. The highest BCUT2D eigenvalue weighted by Crippen LogP contribution is 2.27. The van der Waals surface area contributed by atoms with E-state index in [1.165, 1.54) is 18.7 Å². The van der Waals surface area contributed by atoms with Gasteiger partial charge < -0.3 is 5.32 Å². The fraction of sp³-hybridized carbons (Fsp3) is 0.909. The maximum Gasteiger partial charge on any atom is 0.391 e. The minimum Gasteiger partial charge on any atom is -0.360 e. The van der Waals surface area contributed by atoms with Gasteiger partial charge in [0.15, 0.2) is 5.17 Å². The average Bonchev–Trinajstić information content (AvgIpc) is 2.14. The van der Waals surface area contributed by atoms with E-state index in [1.54, 1.807) is 0 Å². The van der Waals surface area contributed by atoms with Crippen molar-refractivity contribution in [2.75, 3.05) is 5.75 Å². The number of aliphatic imine (C=N–C) groups is 1. The van der Waals surface area contributed by atoms with E-state index in [0.717, 1.165) is 18.6 Å². The molecule has 1 aliphatic rings. The van der Waals surface area contributed by atoms with Crippen LogP contribution in [0, 0.1) is 0 Å². The number of thioether (sulfide) groups is 1. The number of hydrogen-bond donors (Lipinski definition) is 1. The maximum atomic E-state index is 12.2. The first kappa shape index (κ1) is 14.7. The third-order valence-electron chi connectivity index (χ3n) is 2.95. The van der Waals surface area contributed by atoms with Crippen molar-refractivity contribution in [3.05, 3.63) is 0 Å². The van der Waals surface area contributed by atoms with E-state index in [4.69, 9.17) is 0 Å². The van der Waals surface area contributed by atoms with Crippen LogP contribution in [0.25, 0.3) is 0 Å². The molecule has 2 nitrogen and oxygen atoms in total. The van der Waals surface area contributed by atoms with Gasteiger partial charge in [-0.3, -0.25) is 4.99 Å². The third kappa shape index (κ3) is 5.19. The van der Waals surface area contributed by atoms with Crippen molar-refractivity contribution < 1.29 is 13.2 Å². The minimum absolute atomic E-state index is 0.0258. The van der Waals surface area contributed by atoms with Crippen LogP contribution in [0.4, 0.5) is 13.2 Å². The Labute approximate surface area is 104 Å². The second-order valence-electron chi connectivity index (χ2n) is 4.74. The van der Waals surface area contributed by atoms with Crippen LogP contribution in [0.2, 0.25) is 0 Å². The van der Waals surface area contributed by atoms with Crippen LogP contribution in [0.3, 0.4) is 0 Å². The summed E-state index contributed by atoms with van der Waals surface area (Å²) in [7, 11) is 0. The van der Waals surface area contributed by atoms with Crippen molar-refractivity contribution in [1.82, 2.24) is 5.32 Å². The first-order valence-electron chi connectivity index (χ1n) is 5.79. The Morgan fingerprint density at radius 2 is 2.18 bits per heavy atom. The molecule has 0 spiro atoms. The van der Waals surface area contributed by atoms with Gasteiger partial charge in [-0.1, -0.05) is 18.7 Å². The van der Waals surface area contributed by atoms with E-state index in [2.05, 4.69) is 24.2 Å². The number of nitrogens with zero attached hydrogens (tertiary/aromatic N) is 1. The summed E-state index contributed by atoms with van der Waals surface area (Å²) in [6, 6.07) is -0.718. The molecule has 0 bridgehead atoms. The topological polar surface area (TPSA) is 24.4 Å². The average molecular weight is 268 g/mol. The van der Waals surface area contributed by atoms with Crippen LogP contribution >= 0.6 is 11.8 Å². The molecule has 1 heterocycles. The highest BCUT2D eigenvalue weighted by atomic mass is 32.2. The van der Waals surface area contributed by atoms with Crippen LogP contribution in [0.15, 0.2) is 4.99 Å². The predicted molar refractivity (Wildman–Crippen MR) is 66.5 cm³/mol. The largest absolute Gasteiger partial charge is 0.391 e. The molecule has 0 aromatic heterocycles. The van der Waals surface area contributed by atoms with Gasteiger partial charge in [-0.2, -0.15) is 13.2 Å². The molecule has 1 aliphatic heterocycles. The Kier molecular flexibility index (Phi) is 4.75. The van der Waals surface area contributed by atoms with E-state index >= 15 is 0 Å². The molecule has 0 saturated carbocycles. The van der Waals surface area contributed by atoms with Gasteiger partial charge in [0.1, 0.15) is 0 Å². The lowest BCUT2D eigenvalue weighted by molar-refractivity contribution is -0.137. The monoisotopic (exact) mass is 268 g/mol. The summed E-state index contributed by atoms with van der Waals surface area (Å²) in [6.07, 6.45) is -3.04. The first-order valence-corrected chi connectivity index (χ1v) is 6.78. The smallest absolute Gasteiger partial charge is 0.360 e. The second-order valence-corrected chi connectivity index (χ2v) is 5.82. The molecular weight excluding hydrogens is 249 g/mol. The molecule has 100 valence electrons. The zero-order chi connectivity index (χ0) is 13.1. The molecule has 1 N–H and O–H groups in total. The summed E-state index contributed by atoms with van der Waals surface area (Å²) >= 11 is 1.51. The van der Waals surface area contributed by atoms with E-state index in [-0.39, 0.29) is 5.54 Å². The highest BCUT2D eigenvalue weighted by molar-refractivity contribution is 8.13. The fourth-order valence-electron chi connectivity index (χ4n) is 1.65. The zero-order valence-corrected chi connectivity index (χ0v) is 11.2. The predicted octanol–water partition coefficient (Wildman–Crippen LogP) is 3.58. The van der Waals surface area contributed by atoms with Gasteiger partial charge in [-0.05, 0) is 26.7 Å². The van der Waals surface area contributed by atoms with Gasteiger partial charge in [0.25, 0.3) is 0 Å². The van der Waals surface area contributed by atoms with Crippen molar-refractivity contribution in [3.8, 4) is 0 Å². The number of halogens is 3. The molecule has 17 heavy (non-hydrogen) atoms. The molecule has 1 saturated heterocycles. The highest BCUT2D eigenvalue weighted by Gasteiger charge is 2.31. The molecule has 1 rings (SSSR count). The van der Waals surface area contributed by atoms with Crippen molar-refractivity contribution >= 4 is 16.9 Å². The van der Waals surface area contributed by atoms with E-state index in [1.807, 2.05) is 0 Å². The molecular formula is C11H19F3N2S. The molecule has 6 heteroatoms.